The molecule has 0 saturated heterocycles. The van der Waals surface area contributed by atoms with Gasteiger partial charge in [0.15, 0.2) is 0 Å². The van der Waals surface area contributed by atoms with Gasteiger partial charge in [-0.05, 0) is 11.1 Å². The second-order valence-electron chi connectivity index (χ2n) is 8.98. The molecule has 0 aliphatic rings. The van der Waals surface area contributed by atoms with Gasteiger partial charge in [-0.15, -0.1) is 0 Å². The Morgan fingerprint density at radius 3 is 0.643 bits per heavy atom. The van der Waals surface area contributed by atoms with Gasteiger partial charge in [0.1, 0.15) is 0 Å². The molecule has 10 nitrogen and oxygen atoms in total. The molecule has 2 aromatic rings. The van der Waals surface area contributed by atoms with Crippen LogP contribution in [-0.2, 0) is 60.6 Å². The monoisotopic (exact) mass is 594 g/mol. The number of hydrogen-bond donors (Lipinski definition) is 0. The minimum atomic E-state index is 0.521. The van der Waals surface area contributed by atoms with Crippen LogP contribution < -0.4 is 0 Å². The standard InChI is InChI=1S/C32H50O10/c1-3-7-31(8-4-1)29-41-27-25-39-23-21-37-19-17-35-15-13-33-11-12-34-14-16-36-18-20-38-22-24-40-26-28-42-30-32-9-5-2-6-10-32/h1-10H,11-30H2. The molecule has 0 heterocycles. The molecule has 0 atom stereocenters. The maximum Gasteiger partial charge on any atom is 0.0718 e. The molecule has 42 heavy (non-hydrogen) atoms. The van der Waals surface area contributed by atoms with Gasteiger partial charge >= 0.3 is 0 Å². The Kier molecular flexibility index (Phi) is 25.1. The highest BCUT2D eigenvalue weighted by Crippen LogP contribution is 2.01. The Hall–Kier alpha value is -1.96. The lowest BCUT2D eigenvalue weighted by atomic mass is 10.2. The summed E-state index contributed by atoms with van der Waals surface area (Å²) in [5.74, 6) is 0. The summed E-state index contributed by atoms with van der Waals surface area (Å²) in [5.41, 5.74) is 2.32. The van der Waals surface area contributed by atoms with E-state index in [0.29, 0.717) is 132 Å². The molecule has 0 bridgehead atoms. The summed E-state index contributed by atoms with van der Waals surface area (Å²) in [6, 6.07) is 20.2. The average molecular weight is 595 g/mol. The van der Waals surface area contributed by atoms with Gasteiger partial charge in [0.25, 0.3) is 0 Å². The van der Waals surface area contributed by atoms with Gasteiger partial charge in [-0.1, -0.05) is 60.7 Å². The van der Waals surface area contributed by atoms with Crippen molar-refractivity contribution in [1.82, 2.24) is 0 Å². The minimum absolute atomic E-state index is 0.521. The summed E-state index contributed by atoms with van der Waals surface area (Å²) < 4.78 is 55.0. The summed E-state index contributed by atoms with van der Waals surface area (Å²) in [5, 5.41) is 0. The first kappa shape index (κ1) is 36.2. The SMILES string of the molecule is c1ccc(COCCOCCOCCOCCOCCOCCOCCOCCOCCOCc2ccccc2)cc1. The van der Waals surface area contributed by atoms with Crippen LogP contribution in [0.3, 0.4) is 0 Å². The van der Waals surface area contributed by atoms with E-state index in [1.54, 1.807) is 0 Å². The van der Waals surface area contributed by atoms with E-state index in [9.17, 15) is 0 Å². The molecule has 238 valence electrons. The average Bonchev–Trinajstić information content (AvgIpc) is 3.03. The lowest BCUT2D eigenvalue weighted by Crippen LogP contribution is -2.15. The highest BCUT2D eigenvalue weighted by molar-refractivity contribution is 5.14. The number of ether oxygens (including phenoxy) is 10. The maximum absolute atomic E-state index is 5.56. The first-order chi connectivity index (χ1) is 20.9. The fourth-order valence-corrected chi connectivity index (χ4v) is 3.41. The molecule has 0 aliphatic carbocycles. The molecule has 0 aliphatic heterocycles. The molecule has 0 fully saturated rings. The fraction of sp³-hybridized carbons (Fsp3) is 0.625. The highest BCUT2D eigenvalue weighted by Gasteiger charge is 1.97. The van der Waals surface area contributed by atoms with Crippen LogP contribution in [0.2, 0.25) is 0 Å². The van der Waals surface area contributed by atoms with Crippen molar-refractivity contribution in [3.8, 4) is 0 Å². The topological polar surface area (TPSA) is 92.3 Å². The van der Waals surface area contributed by atoms with Gasteiger partial charge < -0.3 is 47.4 Å². The predicted molar refractivity (Wildman–Crippen MR) is 159 cm³/mol. The van der Waals surface area contributed by atoms with Gasteiger partial charge in [0.05, 0.1) is 132 Å². The Morgan fingerprint density at radius 2 is 0.429 bits per heavy atom. The van der Waals surface area contributed by atoms with Crippen LogP contribution in [0.25, 0.3) is 0 Å². The van der Waals surface area contributed by atoms with Crippen LogP contribution in [0.15, 0.2) is 60.7 Å². The van der Waals surface area contributed by atoms with Crippen molar-refractivity contribution in [2.45, 2.75) is 13.2 Å². The fourth-order valence-electron chi connectivity index (χ4n) is 3.41. The molecule has 0 unspecified atom stereocenters. The Balaban J connectivity index is 1.15. The molecule has 2 aromatic carbocycles. The van der Waals surface area contributed by atoms with Crippen molar-refractivity contribution < 1.29 is 47.4 Å². The van der Waals surface area contributed by atoms with E-state index in [1.165, 1.54) is 0 Å². The molecule has 10 heteroatoms. The zero-order valence-corrected chi connectivity index (χ0v) is 25.0. The van der Waals surface area contributed by atoms with Crippen molar-refractivity contribution in [1.29, 1.82) is 0 Å². The third-order valence-electron chi connectivity index (χ3n) is 5.57. The van der Waals surface area contributed by atoms with Crippen molar-refractivity contribution in [3.05, 3.63) is 71.8 Å². The lowest BCUT2D eigenvalue weighted by Gasteiger charge is -2.09. The normalized spacial score (nSPS) is 11.3. The minimum Gasteiger partial charge on any atom is -0.377 e. The summed E-state index contributed by atoms with van der Waals surface area (Å²) in [7, 11) is 0. The smallest absolute Gasteiger partial charge is 0.0718 e. The number of benzene rings is 2. The van der Waals surface area contributed by atoms with Crippen molar-refractivity contribution >= 4 is 0 Å². The zero-order chi connectivity index (χ0) is 29.4. The molecule has 0 amide bonds. The van der Waals surface area contributed by atoms with Crippen LogP contribution in [-0.4, -0.2) is 119 Å². The van der Waals surface area contributed by atoms with E-state index < -0.39 is 0 Å². The van der Waals surface area contributed by atoms with Crippen LogP contribution in [0.4, 0.5) is 0 Å². The lowest BCUT2D eigenvalue weighted by molar-refractivity contribution is -0.0269. The van der Waals surface area contributed by atoms with Crippen LogP contribution >= 0.6 is 0 Å². The van der Waals surface area contributed by atoms with E-state index in [0.717, 1.165) is 11.1 Å². The quantitative estimate of drug-likeness (QED) is 0.121. The zero-order valence-electron chi connectivity index (χ0n) is 25.0. The second kappa shape index (κ2) is 29.1. The van der Waals surface area contributed by atoms with Gasteiger partial charge in [0, 0.05) is 0 Å². The summed E-state index contributed by atoms with van der Waals surface area (Å²) in [6.07, 6.45) is 0. The van der Waals surface area contributed by atoms with Crippen LogP contribution in [0.1, 0.15) is 11.1 Å². The third-order valence-corrected chi connectivity index (χ3v) is 5.57. The van der Waals surface area contributed by atoms with E-state index in [4.69, 9.17) is 47.4 Å². The molecule has 2 rings (SSSR count). The van der Waals surface area contributed by atoms with Crippen LogP contribution in [0.5, 0.6) is 0 Å². The van der Waals surface area contributed by atoms with Crippen molar-refractivity contribution in [2.75, 3.05) is 119 Å². The Morgan fingerprint density at radius 1 is 0.238 bits per heavy atom. The van der Waals surface area contributed by atoms with E-state index in [2.05, 4.69) is 0 Å². The number of hydrogen-bond acceptors (Lipinski definition) is 10. The molecule has 0 saturated carbocycles. The van der Waals surface area contributed by atoms with Crippen molar-refractivity contribution in [2.24, 2.45) is 0 Å². The van der Waals surface area contributed by atoms with Gasteiger partial charge in [-0.25, -0.2) is 0 Å². The Bertz CT molecular complexity index is 729. The number of rotatable bonds is 31. The highest BCUT2D eigenvalue weighted by atomic mass is 16.6. The first-order valence-corrected chi connectivity index (χ1v) is 14.8. The molecule has 0 radical (unpaired) electrons. The molecular formula is C32H50O10. The summed E-state index contributed by atoms with van der Waals surface area (Å²) >= 11 is 0. The van der Waals surface area contributed by atoms with Gasteiger partial charge in [-0.2, -0.15) is 0 Å². The molecule has 0 aromatic heterocycles. The summed E-state index contributed by atoms with van der Waals surface area (Å²) in [6.45, 7) is 10.8. The first-order valence-electron chi connectivity index (χ1n) is 14.8. The van der Waals surface area contributed by atoms with E-state index >= 15 is 0 Å². The predicted octanol–water partition coefficient (Wildman–Crippen LogP) is 3.55. The van der Waals surface area contributed by atoms with Crippen LogP contribution in [0, 0.1) is 0 Å². The Labute approximate surface area is 251 Å². The molecule has 0 spiro atoms. The molecule has 0 N–H and O–H groups in total. The summed E-state index contributed by atoms with van der Waals surface area (Å²) in [4.78, 5) is 0. The van der Waals surface area contributed by atoms with Gasteiger partial charge in [0.2, 0.25) is 0 Å². The van der Waals surface area contributed by atoms with Crippen molar-refractivity contribution in [3.63, 3.8) is 0 Å². The van der Waals surface area contributed by atoms with E-state index in [1.807, 2.05) is 60.7 Å². The maximum atomic E-state index is 5.56. The van der Waals surface area contributed by atoms with E-state index in [-0.39, 0.29) is 0 Å². The largest absolute Gasteiger partial charge is 0.377 e. The van der Waals surface area contributed by atoms with Gasteiger partial charge in [-0.3, -0.25) is 0 Å². The molecular weight excluding hydrogens is 544 g/mol. The second-order valence-corrected chi connectivity index (χ2v) is 8.98. The third kappa shape index (κ3) is 23.6.